The Kier molecular flexibility index (Phi) is 6.44. The van der Waals surface area contributed by atoms with E-state index in [1.165, 1.54) is 0 Å². The standard InChI is InChI=1S/C23H26N2O4/c26-23(24-11-4-12-25-13-15-27-16-14-25)22-10-9-19(29-22)17-28-21-8-3-6-18-5-1-2-7-20(18)21/h1-3,5-10H,4,11-17H2,(H,24,26). The van der Waals surface area contributed by atoms with E-state index in [0.717, 1.165) is 55.8 Å². The van der Waals surface area contributed by atoms with Crippen molar-refractivity contribution in [3.05, 3.63) is 66.1 Å². The van der Waals surface area contributed by atoms with Gasteiger partial charge in [-0.1, -0.05) is 36.4 Å². The molecule has 1 aromatic heterocycles. The molecule has 29 heavy (non-hydrogen) atoms. The van der Waals surface area contributed by atoms with Gasteiger partial charge in [0.2, 0.25) is 0 Å². The molecule has 1 N–H and O–H groups in total. The number of rotatable bonds is 8. The van der Waals surface area contributed by atoms with E-state index >= 15 is 0 Å². The highest BCUT2D eigenvalue weighted by atomic mass is 16.5. The lowest BCUT2D eigenvalue weighted by molar-refractivity contribution is 0.0374. The molecule has 1 amide bonds. The molecule has 0 saturated carbocycles. The number of morpholine rings is 1. The Labute approximate surface area is 170 Å². The summed E-state index contributed by atoms with van der Waals surface area (Å²) in [6.07, 6.45) is 0.906. The van der Waals surface area contributed by atoms with Crippen LogP contribution in [-0.2, 0) is 11.3 Å². The minimum Gasteiger partial charge on any atom is -0.485 e. The number of fused-ring (bicyclic) bond motifs is 1. The lowest BCUT2D eigenvalue weighted by Gasteiger charge is -2.26. The molecule has 0 radical (unpaired) electrons. The third-order valence-electron chi connectivity index (χ3n) is 5.05. The van der Waals surface area contributed by atoms with Crippen LogP contribution in [0.2, 0.25) is 0 Å². The Bertz CT molecular complexity index is 941. The number of furan rings is 1. The fourth-order valence-electron chi connectivity index (χ4n) is 3.46. The van der Waals surface area contributed by atoms with E-state index in [1.54, 1.807) is 12.1 Å². The molecule has 0 unspecified atom stereocenters. The maximum Gasteiger partial charge on any atom is 0.286 e. The fourth-order valence-corrected chi connectivity index (χ4v) is 3.46. The first-order valence-corrected chi connectivity index (χ1v) is 10.1. The van der Waals surface area contributed by atoms with Crippen LogP contribution in [-0.4, -0.2) is 50.2 Å². The first kappa shape index (κ1) is 19.5. The van der Waals surface area contributed by atoms with Gasteiger partial charge in [0, 0.05) is 25.0 Å². The topological polar surface area (TPSA) is 63.9 Å². The summed E-state index contributed by atoms with van der Waals surface area (Å²) in [7, 11) is 0. The number of nitrogens with zero attached hydrogens (tertiary/aromatic N) is 1. The summed E-state index contributed by atoms with van der Waals surface area (Å²) in [5.74, 6) is 1.54. The molecule has 0 aliphatic carbocycles. The van der Waals surface area contributed by atoms with Gasteiger partial charge in [0.05, 0.1) is 13.2 Å². The molecule has 1 saturated heterocycles. The zero-order valence-corrected chi connectivity index (χ0v) is 16.4. The van der Waals surface area contributed by atoms with Crippen molar-refractivity contribution >= 4 is 16.7 Å². The molecule has 3 aromatic rings. The van der Waals surface area contributed by atoms with Crippen molar-refractivity contribution in [2.45, 2.75) is 13.0 Å². The number of hydrogen-bond donors (Lipinski definition) is 1. The van der Waals surface area contributed by atoms with E-state index in [1.807, 2.05) is 30.3 Å². The third kappa shape index (κ3) is 5.16. The van der Waals surface area contributed by atoms with E-state index in [-0.39, 0.29) is 12.5 Å². The van der Waals surface area contributed by atoms with Crippen molar-refractivity contribution in [2.24, 2.45) is 0 Å². The molecule has 6 heteroatoms. The van der Waals surface area contributed by atoms with Crippen LogP contribution in [0.5, 0.6) is 5.75 Å². The first-order chi connectivity index (χ1) is 14.3. The van der Waals surface area contributed by atoms with Crippen LogP contribution in [0.15, 0.2) is 59.0 Å². The normalized spacial score (nSPS) is 14.8. The summed E-state index contributed by atoms with van der Waals surface area (Å²) >= 11 is 0. The average Bonchev–Trinajstić information content (AvgIpc) is 3.25. The van der Waals surface area contributed by atoms with Crippen molar-refractivity contribution in [1.29, 1.82) is 0 Å². The smallest absolute Gasteiger partial charge is 0.286 e. The molecule has 0 atom stereocenters. The van der Waals surface area contributed by atoms with Gasteiger partial charge in [0.25, 0.3) is 5.91 Å². The molecule has 2 heterocycles. The van der Waals surface area contributed by atoms with E-state index < -0.39 is 0 Å². The average molecular weight is 394 g/mol. The minimum atomic E-state index is -0.191. The Morgan fingerprint density at radius 3 is 2.76 bits per heavy atom. The van der Waals surface area contributed by atoms with E-state index in [9.17, 15) is 4.79 Å². The van der Waals surface area contributed by atoms with Gasteiger partial charge >= 0.3 is 0 Å². The predicted molar refractivity (Wildman–Crippen MR) is 111 cm³/mol. The second kappa shape index (κ2) is 9.58. The number of nitrogens with one attached hydrogen (secondary N) is 1. The Hall–Kier alpha value is -2.83. The van der Waals surface area contributed by atoms with Crippen LogP contribution < -0.4 is 10.1 Å². The van der Waals surface area contributed by atoms with Crippen LogP contribution in [0.3, 0.4) is 0 Å². The van der Waals surface area contributed by atoms with Gasteiger partial charge in [0.1, 0.15) is 18.1 Å². The number of carbonyl (C=O) groups is 1. The monoisotopic (exact) mass is 394 g/mol. The summed E-state index contributed by atoms with van der Waals surface area (Å²) in [6, 6.07) is 17.5. The van der Waals surface area contributed by atoms with Crippen LogP contribution in [0.1, 0.15) is 22.7 Å². The van der Waals surface area contributed by atoms with Gasteiger partial charge in [-0.15, -0.1) is 0 Å². The molecule has 1 fully saturated rings. The van der Waals surface area contributed by atoms with Crippen LogP contribution in [0, 0.1) is 0 Å². The lowest BCUT2D eigenvalue weighted by Crippen LogP contribution is -2.38. The minimum absolute atomic E-state index is 0.191. The van der Waals surface area contributed by atoms with Crippen molar-refractivity contribution in [2.75, 3.05) is 39.4 Å². The van der Waals surface area contributed by atoms with Gasteiger partial charge in [-0.2, -0.15) is 0 Å². The second-order valence-electron chi connectivity index (χ2n) is 7.10. The predicted octanol–water partition coefficient (Wildman–Crippen LogP) is 3.46. The maximum absolute atomic E-state index is 12.3. The molecule has 0 spiro atoms. The van der Waals surface area contributed by atoms with Gasteiger partial charge in [-0.3, -0.25) is 9.69 Å². The van der Waals surface area contributed by atoms with Crippen LogP contribution >= 0.6 is 0 Å². The molecule has 2 aromatic carbocycles. The van der Waals surface area contributed by atoms with E-state index in [2.05, 4.69) is 22.3 Å². The number of benzene rings is 2. The summed E-state index contributed by atoms with van der Waals surface area (Å²) < 4.78 is 16.9. The number of ether oxygens (including phenoxy) is 2. The summed E-state index contributed by atoms with van der Waals surface area (Å²) in [5.41, 5.74) is 0. The number of carbonyl (C=O) groups excluding carboxylic acids is 1. The van der Waals surface area contributed by atoms with Gasteiger partial charge in [-0.05, 0) is 36.6 Å². The van der Waals surface area contributed by atoms with Crippen molar-refractivity contribution in [3.63, 3.8) is 0 Å². The molecule has 1 aliphatic heterocycles. The largest absolute Gasteiger partial charge is 0.485 e. The summed E-state index contributed by atoms with van der Waals surface area (Å²) in [6.45, 7) is 5.38. The molecular formula is C23H26N2O4. The van der Waals surface area contributed by atoms with Gasteiger partial charge < -0.3 is 19.2 Å². The van der Waals surface area contributed by atoms with Gasteiger partial charge in [0.15, 0.2) is 5.76 Å². The van der Waals surface area contributed by atoms with E-state index in [0.29, 0.717) is 18.1 Å². The van der Waals surface area contributed by atoms with Crippen molar-refractivity contribution in [3.8, 4) is 5.75 Å². The Morgan fingerprint density at radius 2 is 1.86 bits per heavy atom. The summed E-state index contributed by atoms with van der Waals surface area (Å²) in [5, 5.41) is 5.10. The summed E-state index contributed by atoms with van der Waals surface area (Å²) in [4.78, 5) is 14.6. The Balaban J connectivity index is 1.25. The van der Waals surface area contributed by atoms with Crippen LogP contribution in [0.4, 0.5) is 0 Å². The second-order valence-corrected chi connectivity index (χ2v) is 7.10. The molecule has 152 valence electrons. The maximum atomic E-state index is 12.3. The van der Waals surface area contributed by atoms with Crippen LogP contribution in [0.25, 0.3) is 10.8 Å². The van der Waals surface area contributed by atoms with Crippen molar-refractivity contribution in [1.82, 2.24) is 10.2 Å². The zero-order valence-electron chi connectivity index (χ0n) is 16.4. The number of amides is 1. The molecular weight excluding hydrogens is 368 g/mol. The highest BCUT2D eigenvalue weighted by molar-refractivity contribution is 5.91. The zero-order chi connectivity index (χ0) is 19.9. The first-order valence-electron chi connectivity index (χ1n) is 10.1. The SMILES string of the molecule is O=C(NCCCN1CCOCC1)c1ccc(COc2cccc3ccccc23)o1. The molecule has 1 aliphatic rings. The van der Waals surface area contributed by atoms with Gasteiger partial charge in [-0.25, -0.2) is 0 Å². The lowest BCUT2D eigenvalue weighted by atomic mass is 10.1. The third-order valence-corrected chi connectivity index (χ3v) is 5.05. The molecule has 6 nitrogen and oxygen atoms in total. The molecule has 4 rings (SSSR count). The fraction of sp³-hybridized carbons (Fsp3) is 0.348. The quantitative estimate of drug-likeness (QED) is 0.593. The van der Waals surface area contributed by atoms with Crippen molar-refractivity contribution < 1.29 is 18.7 Å². The highest BCUT2D eigenvalue weighted by Gasteiger charge is 2.13. The van der Waals surface area contributed by atoms with E-state index in [4.69, 9.17) is 13.9 Å². The Morgan fingerprint density at radius 1 is 1.03 bits per heavy atom. The number of hydrogen-bond acceptors (Lipinski definition) is 5. The molecule has 0 bridgehead atoms. The highest BCUT2D eigenvalue weighted by Crippen LogP contribution is 2.26.